The molecule has 0 N–H and O–H groups in total. The van der Waals surface area contributed by atoms with E-state index < -0.39 is 6.43 Å². The Hall–Kier alpha value is -1.30. The molecule has 6 heteroatoms. The van der Waals surface area contributed by atoms with E-state index in [2.05, 4.69) is 26.0 Å². The van der Waals surface area contributed by atoms with Gasteiger partial charge in [-0.1, -0.05) is 0 Å². The van der Waals surface area contributed by atoms with Crippen LogP contribution in [0.5, 0.6) is 0 Å². The maximum atomic E-state index is 12.2. The SMILES string of the molecule is FC(F)c1ccc(-n2cc(Br)cn2)nc1. The molecule has 0 amide bonds. The summed E-state index contributed by atoms with van der Waals surface area (Å²) >= 11 is 3.24. The summed E-state index contributed by atoms with van der Waals surface area (Å²) in [6.07, 6.45) is 1.96. The van der Waals surface area contributed by atoms with E-state index in [4.69, 9.17) is 0 Å². The predicted octanol–water partition coefficient (Wildman–Crippen LogP) is 2.97. The van der Waals surface area contributed by atoms with Gasteiger partial charge in [0, 0.05) is 18.0 Å². The zero-order valence-corrected chi connectivity index (χ0v) is 9.03. The molecule has 78 valence electrons. The Bertz CT molecular complexity index is 453. The number of alkyl halides is 2. The minimum atomic E-state index is -2.49. The molecule has 0 bridgehead atoms. The van der Waals surface area contributed by atoms with E-state index in [-0.39, 0.29) is 5.56 Å². The first-order valence-electron chi connectivity index (χ1n) is 4.11. The highest BCUT2D eigenvalue weighted by molar-refractivity contribution is 9.10. The minimum Gasteiger partial charge on any atom is -0.237 e. The summed E-state index contributed by atoms with van der Waals surface area (Å²) in [6, 6.07) is 2.84. The van der Waals surface area contributed by atoms with E-state index in [0.29, 0.717) is 5.82 Å². The maximum Gasteiger partial charge on any atom is 0.265 e. The van der Waals surface area contributed by atoms with E-state index in [1.807, 2.05) is 0 Å². The van der Waals surface area contributed by atoms with Crippen LogP contribution in [0.15, 0.2) is 35.2 Å². The van der Waals surface area contributed by atoms with Gasteiger partial charge in [-0.25, -0.2) is 18.4 Å². The van der Waals surface area contributed by atoms with Crippen molar-refractivity contribution < 1.29 is 8.78 Å². The number of halogens is 3. The molecule has 2 aromatic rings. The van der Waals surface area contributed by atoms with Crippen LogP contribution in [-0.2, 0) is 0 Å². The van der Waals surface area contributed by atoms with Crippen molar-refractivity contribution in [3.8, 4) is 5.82 Å². The highest BCUT2D eigenvalue weighted by Gasteiger charge is 2.07. The zero-order valence-electron chi connectivity index (χ0n) is 7.44. The van der Waals surface area contributed by atoms with Crippen molar-refractivity contribution in [3.63, 3.8) is 0 Å². The quantitative estimate of drug-likeness (QED) is 0.842. The molecule has 0 atom stereocenters. The van der Waals surface area contributed by atoms with Gasteiger partial charge in [-0.2, -0.15) is 5.10 Å². The fraction of sp³-hybridized carbons (Fsp3) is 0.111. The third-order valence-corrected chi connectivity index (χ3v) is 2.22. The average molecular weight is 274 g/mol. The number of nitrogens with zero attached hydrogens (tertiary/aromatic N) is 3. The molecule has 0 aliphatic heterocycles. The van der Waals surface area contributed by atoms with Crippen LogP contribution in [-0.4, -0.2) is 14.8 Å². The largest absolute Gasteiger partial charge is 0.265 e. The number of hydrogen-bond acceptors (Lipinski definition) is 2. The minimum absolute atomic E-state index is 0.0926. The lowest BCUT2D eigenvalue weighted by Gasteiger charge is -2.01. The molecule has 2 rings (SSSR count). The summed E-state index contributed by atoms with van der Waals surface area (Å²) < 4.78 is 26.8. The van der Waals surface area contributed by atoms with Gasteiger partial charge in [-0.3, -0.25) is 0 Å². The summed E-state index contributed by atoms with van der Waals surface area (Å²) in [6.45, 7) is 0. The highest BCUT2D eigenvalue weighted by Crippen LogP contribution is 2.18. The first kappa shape index (κ1) is 10.2. The van der Waals surface area contributed by atoms with E-state index in [9.17, 15) is 8.78 Å². The normalized spacial score (nSPS) is 10.9. The number of pyridine rings is 1. The molecule has 0 saturated carbocycles. The van der Waals surface area contributed by atoms with Crippen LogP contribution < -0.4 is 0 Å². The number of aromatic nitrogens is 3. The van der Waals surface area contributed by atoms with E-state index >= 15 is 0 Å². The van der Waals surface area contributed by atoms with Gasteiger partial charge >= 0.3 is 0 Å². The van der Waals surface area contributed by atoms with E-state index in [0.717, 1.165) is 10.7 Å². The highest BCUT2D eigenvalue weighted by atomic mass is 79.9. The predicted molar refractivity (Wildman–Crippen MR) is 54.0 cm³/mol. The Morgan fingerprint density at radius 3 is 2.53 bits per heavy atom. The van der Waals surface area contributed by atoms with Gasteiger partial charge < -0.3 is 0 Å². The van der Waals surface area contributed by atoms with Gasteiger partial charge in [-0.15, -0.1) is 0 Å². The second kappa shape index (κ2) is 4.06. The molecule has 0 unspecified atom stereocenters. The fourth-order valence-electron chi connectivity index (χ4n) is 1.09. The zero-order chi connectivity index (χ0) is 10.8. The van der Waals surface area contributed by atoms with Gasteiger partial charge in [0.1, 0.15) is 0 Å². The van der Waals surface area contributed by atoms with Gasteiger partial charge in [0.25, 0.3) is 6.43 Å². The summed E-state index contributed by atoms with van der Waals surface area (Å²) in [7, 11) is 0. The van der Waals surface area contributed by atoms with Crippen LogP contribution in [0.4, 0.5) is 8.78 Å². The maximum absolute atomic E-state index is 12.2. The Labute approximate surface area is 92.9 Å². The standard InChI is InChI=1S/C9H6BrF2N3/c10-7-4-14-15(5-7)8-2-1-6(3-13-8)9(11)12/h1-5,9H. The summed E-state index contributed by atoms with van der Waals surface area (Å²) in [4.78, 5) is 3.88. The van der Waals surface area contributed by atoms with Crippen molar-refractivity contribution >= 4 is 15.9 Å². The Kier molecular flexibility index (Phi) is 2.77. The van der Waals surface area contributed by atoms with E-state index in [1.165, 1.54) is 16.8 Å². The van der Waals surface area contributed by atoms with Crippen LogP contribution >= 0.6 is 15.9 Å². The molecular weight excluding hydrogens is 268 g/mol. The van der Waals surface area contributed by atoms with Crippen molar-refractivity contribution in [3.05, 3.63) is 40.8 Å². The fourth-order valence-corrected chi connectivity index (χ4v) is 1.37. The van der Waals surface area contributed by atoms with Gasteiger partial charge in [-0.05, 0) is 28.1 Å². The lowest BCUT2D eigenvalue weighted by atomic mass is 10.3. The van der Waals surface area contributed by atoms with Crippen molar-refractivity contribution in [2.45, 2.75) is 6.43 Å². The van der Waals surface area contributed by atoms with Crippen LogP contribution in [0.1, 0.15) is 12.0 Å². The molecule has 0 radical (unpaired) electrons. The second-order valence-corrected chi connectivity index (χ2v) is 3.77. The molecule has 0 fully saturated rings. The molecule has 2 heterocycles. The molecule has 0 aromatic carbocycles. The smallest absolute Gasteiger partial charge is 0.237 e. The topological polar surface area (TPSA) is 30.7 Å². The Morgan fingerprint density at radius 1 is 1.27 bits per heavy atom. The molecular formula is C9H6BrF2N3. The second-order valence-electron chi connectivity index (χ2n) is 2.85. The van der Waals surface area contributed by atoms with Crippen molar-refractivity contribution in [2.75, 3.05) is 0 Å². The molecule has 0 aliphatic carbocycles. The van der Waals surface area contributed by atoms with Gasteiger partial charge in [0.2, 0.25) is 0 Å². The Balaban J connectivity index is 2.31. The molecule has 3 nitrogen and oxygen atoms in total. The molecule has 0 spiro atoms. The van der Waals surface area contributed by atoms with Gasteiger partial charge in [0.15, 0.2) is 5.82 Å². The lowest BCUT2D eigenvalue weighted by molar-refractivity contribution is 0.151. The van der Waals surface area contributed by atoms with Gasteiger partial charge in [0.05, 0.1) is 10.7 Å². The third kappa shape index (κ3) is 2.20. The number of hydrogen-bond donors (Lipinski definition) is 0. The summed E-state index contributed by atoms with van der Waals surface area (Å²) in [5.74, 6) is 0.505. The Morgan fingerprint density at radius 2 is 2.07 bits per heavy atom. The lowest BCUT2D eigenvalue weighted by Crippen LogP contribution is -1.98. The summed E-state index contributed by atoms with van der Waals surface area (Å²) in [5.41, 5.74) is -0.0926. The first-order valence-corrected chi connectivity index (χ1v) is 4.91. The van der Waals surface area contributed by atoms with Crippen LogP contribution in [0.3, 0.4) is 0 Å². The van der Waals surface area contributed by atoms with E-state index in [1.54, 1.807) is 12.4 Å². The molecule has 0 aliphatic rings. The third-order valence-electron chi connectivity index (χ3n) is 1.81. The summed E-state index contributed by atoms with van der Waals surface area (Å²) in [5, 5.41) is 3.98. The molecule has 2 aromatic heterocycles. The van der Waals surface area contributed by atoms with Crippen molar-refractivity contribution in [2.24, 2.45) is 0 Å². The van der Waals surface area contributed by atoms with Crippen molar-refractivity contribution in [1.82, 2.24) is 14.8 Å². The average Bonchev–Trinajstić information content (AvgIpc) is 2.65. The first-order chi connectivity index (χ1) is 7.16. The van der Waals surface area contributed by atoms with Crippen LogP contribution in [0, 0.1) is 0 Å². The number of rotatable bonds is 2. The van der Waals surface area contributed by atoms with Crippen molar-refractivity contribution in [1.29, 1.82) is 0 Å². The molecule has 0 saturated heterocycles. The monoisotopic (exact) mass is 273 g/mol. The van der Waals surface area contributed by atoms with Crippen LogP contribution in [0.2, 0.25) is 0 Å². The van der Waals surface area contributed by atoms with Crippen LogP contribution in [0.25, 0.3) is 5.82 Å². The molecule has 15 heavy (non-hydrogen) atoms.